The molecule has 1 aromatic heterocycles. The number of rotatable bonds is 5. The van der Waals surface area contributed by atoms with E-state index in [1.807, 2.05) is 4.90 Å². The van der Waals surface area contributed by atoms with Crippen molar-refractivity contribution in [1.29, 1.82) is 0 Å². The van der Waals surface area contributed by atoms with Gasteiger partial charge in [0.1, 0.15) is 6.17 Å². The van der Waals surface area contributed by atoms with Gasteiger partial charge in [-0.25, -0.2) is 17.6 Å². The number of aryl methyl sites for hydroxylation is 1. The number of nitrogens with one attached hydrogen (secondary N) is 1. The Bertz CT molecular complexity index is 1230. The molecule has 1 aromatic carbocycles. The van der Waals surface area contributed by atoms with E-state index in [-0.39, 0.29) is 17.3 Å². The average Bonchev–Trinajstić information content (AvgIpc) is 3.48. The molecule has 0 aliphatic carbocycles. The Morgan fingerprint density at radius 2 is 1.81 bits per heavy atom. The van der Waals surface area contributed by atoms with E-state index in [0.717, 1.165) is 58.2 Å². The highest BCUT2D eigenvalue weighted by atomic mass is 32.2. The molecule has 2 aromatic rings. The summed E-state index contributed by atoms with van der Waals surface area (Å²) in [6.07, 6.45) is 6.11. The van der Waals surface area contributed by atoms with Crippen molar-refractivity contribution in [1.82, 2.24) is 19.6 Å². The molecule has 3 fully saturated rings. The van der Waals surface area contributed by atoms with Gasteiger partial charge in [-0.1, -0.05) is 12.1 Å². The highest BCUT2D eigenvalue weighted by Crippen LogP contribution is 2.41. The summed E-state index contributed by atoms with van der Waals surface area (Å²) < 4.78 is 40.1. The fraction of sp³-hybridized carbons (Fsp3) is 0.615. The Hall–Kier alpha value is -2.66. The van der Waals surface area contributed by atoms with Gasteiger partial charge in [0.15, 0.2) is 5.82 Å². The van der Waals surface area contributed by atoms with Crippen LogP contribution in [-0.2, 0) is 16.6 Å². The zero-order valence-electron chi connectivity index (χ0n) is 21.7. The Morgan fingerprint density at radius 3 is 2.51 bits per heavy atom. The van der Waals surface area contributed by atoms with Crippen LogP contribution in [0.3, 0.4) is 0 Å². The maximum atomic E-state index is 13.7. The first-order valence-corrected chi connectivity index (χ1v) is 15.0. The van der Waals surface area contributed by atoms with Gasteiger partial charge < -0.3 is 9.80 Å². The SMILES string of the molecule is Cc1ccc(CN2CCC3(CC2)CCN(C(=O)n2ccc(NS(C)(=O)=O)n2)C3)c(N2CCC(F)CC2)c1. The van der Waals surface area contributed by atoms with Gasteiger partial charge in [0.05, 0.1) is 6.26 Å². The largest absolute Gasteiger partial charge is 0.371 e. The fourth-order valence-electron chi connectivity index (χ4n) is 5.94. The maximum Gasteiger partial charge on any atom is 0.344 e. The molecule has 3 aliphatic heterocycles. The van der Waals surface area contributed by atoms with Crippen LogP contribution < -0.4 is 9.62 Å². The van der Waals surface area contributed by atoms with E-state index in [1.165, 1.54) is 33.8 Å². The molecule has 0 unspecified atom stereocenters. The Kier molecular flexibility index (Phi) is 7.19. The zero-order valence-corrected chi connectivity index (χ0v) is 22.5. The van der Waals surface area contributed by atoms with E-state index in [4.69, 9.17) is 0 Å². The molecule has 5 rings (SSSR count). The lowest BCUT2D eigenvalue weighted by Gasteiger charge is -2.40. The first kappa shape index (κ1) is 26.0. The lowest BCUT2D eigenvalue weighted by atomic mass is 9.77. The van der Waals surface area contributed by atoms with Crippen molar-refractivity contribution in [3.63, 3.8) is 0 Å². The fourth-order valence-corrected chi connectivity index (χ4v) is 6.43. The quantitative estimate of drug-likeness (QED) is 0.634. The number of benzene rings is 1. The Labute approximate surface area is 218 Å². The smallest absolute Gasteiger partial charge is 0.344 e. The molecule has 1 amide bonds. The van der Waals surface area contributed by atoms with Crippen molar-refractivity contribution in [2.75, 3.05) is 55.1 Å². The number of amides is 1. The van der Waals surface area contributed by atoms with Crippen LogP contribution in [0.1, 0.15) is 43.2 Å². The van der Waals surface area contributed by atoms with Crippen LogP contribution in [0.5, 0.6) is 0 Å². The number of carbonyl (C=O) groups is 1. The minimum atomic E-state index is -3.45. The number of nitrogens with zero attached hydrogens (tertiary/aromatic N) is 5. The van der Waals surface area contributed by atoms with Gasteiger partial charge in [0, 0.05) is 50.7 Å². The second-order valence-corrected chi connectivity index (χ2v) is 12.8. The molecule has 1 spiro atoms. The third-order valence-corrected chi connectivity index (χ3v) is 8.68. The van der Waals surface area contributed by atoms with Crippen molar-refractivity contribution in [3.8, 4) is 0 Å². The molecule has 202 valence electrons. The van der Waals surface area contributed by atoms with Crippen molar-refractivity contribution in [2.45, 2.75) is 51.7 Å². The van der Waals surface area contributed by atoms with Gasteiger partial charge in [-0.15, -0.1) is 5.10 Å². The molecule has 11 heteroatoms. The topological polar surface area (TPSA) is 90.8 Å². The lowest BCUT2D eigenvalue weighted by Crippen LogP contribution is -2.43. The second kappa shape index (κ2) is 10.2. The first-order chi connectivity index (χ1) is 17.6. The molecule has 0 saturated carbocycles. The van der Waals surface area contributed by atoms with Crippen molar-refractivity contribution >= 4 is 27.6 Å². The molecule has 9 nitrogen and oxygen atoms in total. The van der Waals surface area contributed by atoms with Gasteiger partial charge in [-0.05, 0) is 74.7 Å². The molecule has 3 aliphatic rings. The highest BCUT2D eigenvalue weighted by molar-refractivity contribution is 7.92. The Morgan fingerprint density at radius 1 is 1.11 bits per heavy atom. The van der Waals surface area contributed by atoms with Crippen LogP contribution in [0.2, 0.25) is 0 Å². The minimum Gasteiger partial charge on any atom is -0.371 e. The van der Waals surface area contributed by atoms with E-state index >= 15 is 0 Å². The average molecular weight is 533 g/mol. The third kappa shape index (κ3) is 6.09. The monoisotopic (exact) mass is 532 g/mol. The standard InChI is InChI=1S/C26H37FN6O3S/c1-20-3-4-21(23(17-20)31-11-5-22(27)6-12-31)18-30-14-8-26(9-15-30)10-16-32(19-26)25(34)33-13-7-24(28-33)29-37(2,35)36/h3-4,7,13,17,22H,5-6,8-12,14-16,18-19H2,1-2H3,(H,28,29). The number of halogens is 1. The minimum absolute atomic E-state index is 0.117. The summed E-state index contributed by atoms with van der Waals surface area (Å²) in [5.74, 6) is 0.141. The number of anilines is 2. The predicted octanol–water partition coefficient (Wildman–Crippen LogP) is 3.46. The highest BCUT2D eigenvalue weighted by Gasteiger charge is 2.42. The van der Waals surface area contributed by atoms with Gasteiger partial charge >= 0.3 is 6.03 Å². The van der Waals surface area contributed by atoms with Crippen LogP contribution in [0.15, 0.2) is 30.5 Å². The molecule has 37 heavy (non-hydrogen) atoms. The molecular formula is C26H37FN6O3S. The summed E-state index contributed by atoms with van der Waals surface area (Å²) in [6, 6.07) is 7.90. The molecule has 4 heterocycles. The van der Waals surface area contributed by atoms with Gasteiger partial charge in [0.25, 0.3) is 0 Å². The number of carbonyl (C=O) groups excluding carboxylic acids is 1. The normalized spacial score (nSPS) is 21.1. The summed E-state index contributed by atoms with van der Waals surface area (Å²) in [7, 11) is -3.45. The number of aromatic nitrogens is 2. The summed E-state index contributed by atoms with van der Waals surface area (Å²) in [4.78, 5) is 19.7. The first-order valence-electron chi connectivity index (χ1n) is 13.1. The van der Waals surface area contributed by atoms with Gasteiger partial charge in [-0.3, -0.25) is 9.62 Å². The van der Waals surface area contributed by atoms with Crippen LogP contribution in [0, 0.1) is 12.3 Å². The summed E-state index contributed by atoms with van der Waals surface area (Å²) in [6.45, 7) is 7.87. The number of likely N-dealkylation sites (tertiary alicyclic amines) is 2. The van der Waals surface area contributed by atoms with E-state index in [0.29, 0.717) is 25.9 Å². The number of piperidine rings is 2. The van der Waals surface area contributed by atoms with Crippen molar-refractivity contribution in [2.24, 2.45) is 5.41 Å². The van der Waals surface area contributed by atoms with Gasteiger partial charge in [-0.2, -0.15) is 4.68 Å². The van der Waals surface area contributed by atoms with E-state index in [2.05, 4.69) is 44.7 Å². The molecular weight excluding hydrogens is 495 g/mol. The number of hydrogen-bond donors (Lipinski definition) is 1. The summed E-state index contributed by atoms with van der Waals surface area (Å²) in [5.41, 5.74) is 3.89. The van der Waals surface area contributed by atoms with E-state index in [9.17, 15) is 17.6 Å². The second-order valence-electron chi connectivity index (χ2n) is 11.0. The van der Waals surface area contributed by atoms with Crippen LogP contribution in [0.4, 0.5) is 20.7 Å². The van der Waals surface area contributed by atoms with E-state index < -0.39 is 16.2 Å². The number of hydrogen-bond acceptors (Lipinski definition) is 6. The molecule has 0 bridgehead atoms. The molecule has 3 saturated heterocycles. The van der Waals surface area contributed by atoms with Crippen LogP contribution in [0.25, 0.3) is 0 Å². The maximum absolute atomic E-state index is 13.7. The zero-order chi connectivity index (χ0) is 26.2. The predicted molar refractivity (Wildman–Crippen MR) is 142 cm³/mol. The van der Waals surface area contributed by atoms with Gasteiger partial charge in [0.2, 0.25) is 10.0 Å². The number of alkyl halides is 1. The molecule has 1 N–H and O–H groups in total. The van der Waals surface area contributed by atoms with Crippen molar-refractivity contribution in [3.05, 3.63) is 41.6 Å². The number of sulfonamides is 1. The molecule has 0 atom stereocenters. The lowest BCUT2D eigenvalue weighted by molar-refractivity contribution is 0.105. The third-order valence-electron chi connectivity index (χ3n) is 8.10. The van der Waals surface area contributed by atoms with Crippen LogP contribution in [-0.4, -0.2) is 85.7 Å². The van der Waals surface area contributed by atoms with Crippen molar-refractivity contribution < 1.29 is 17.6 Å². The van der Waals surface area contributed by atoms with E-state index in [1.54, 1.807) is 0 Å². The summed E-state index contributed by atoms with van der Waals surface area (Å²) in [5, 5.41) is 4.09. The Balaban J connectivity index is 1.18. The van der Waals surface area contributed by atoms with Crippen LogP contribution >= 0.6 is 0 Å². The molecule has 0 radical (unpaired) electrons. The summed E-state index contributed by atoms with van der Waals surface area (Å²) >= 11 is 0.